The number of rotatable bonds is 1. The summed E-state index contributed by atoms with van der Waals surface area (Å²) in [6.45, 7) is 0.569. The zero-order valence-electron chi connectivity index (χ0n) is 9.92. The zero-order valence-corrected chi connectivity index (χ0v) is 9.92. The lowest BCUT2D eigenvalue weighted by Crippen LogP contribution is -2.26. The summed E-state index contributed by atoms with van der Waals surface area (Å²) in [6.07, 6.45) is 0. The summed E-state index contributed by atoms with van der Waals surface area (Å²) in [7, 11) is 1.73. The van der Waals surface area contributed by atoms with E-state index in [9.17, 15) is 4.79 Å². The van der Waals surface area contributed by atoms with E-state index in [1.165, 1.54) is 0 Å². The lowest BCUT2D eigenvalue weighted by atomic mass is 10.1. The van der Waals surface area contributed by atoms with Crippen molar-refractivity contribution in [3.05, 3.63) is 29.3 Å². The first-order chi connectivity index (χ1) is 8.49. The molecule has 6 N–H and O–H groups in total. The summed E-state index contributed by atoms with van der Waals surface area (Å²) in [4.78, 5) is 21.2. The molecule has 0 unspecified atom stereocenters. The molecule has 1 heterocycles. The van der Waals surface area contributed by atoms with Crippen LogP contribution in [-0.4, -0.2) is 29.8 Å². The zero-order chi connectivity index (χ0) is 13.3. The van der Waals surface area contributed by atoms with E-state index in [4.69, 9.17) is 17.2 Å². The molecule has 0 aliphatic carbocycles. The molecule has 1 amide bonds. The van der Waals surface area contributed by atoms with Gasteiger partial charge in [-0.3, -0.25) is 4.79 Å². The van der Waals surface area contributed by atoms with Crippen molar-refractivity contribution < 1.29 is 4.79 Å². The number of amides is 1. The maximum Gasteiger partial charge on any atom is 0.256 e. The number of nitrogens with two attached hydrogens (primary N) is 3. The Labute approximate surface area is 104 Å². The molecule has 0 aromatic heterocycles. The summed E-state index contributed by atoms with van der Waals surface area (Å²) in [5.74, 6) is -0.333. The van der Waals surface area contributed by atoms with Gasteiger partial charge in [-0.05, 0) is 11.6 Å². The number of fused-ring (bicyclic) bond motifs is 1. The molecule has 7 nitrogen and oxygen atoms in total. The Morgan fingerprint density at radius 1 is 1.33 bits per heavy atom. The van der Waals surface area contributed by atoms with Crippen LogP contribution in [0, 0.1) is 0 Å². The van der Waals surface area contributed by atoms with E-state index in [1.54, 1.807) is 18.0 Å². The van der Waals surface area contributed by atoms with Crippen LogP contribution in [0.15, 0.2) is 28.2 Å². The van der Waals surface area contributed by atoms with Crippen LogP contribution < -0.4 is 17.2 Å². The lowest BCUT2D eigenvalue weighted by Gasteiger charge is -2.05. The van der Waals surface area contributed by atoms with E-state index in [2.05, 4.69) is 9.98 Å². The monoisotopic (exact) mass is 246 g/mol. The summed E-state index contributed by atoms with van der Waals surface area (Å²) in [5, 5.41) is 0. The Morgan fingerprint density at radius 2 is 2.06 bits per heavy atom. The van der Waals surface area contributed by atoms with Crippen LogP contribution in [0.4, 0.5) is 5.69 Å². The van der Waals surface area contributed by atoms with Gasteiger partial charge in [-0.2, -0.15) is 4.99 Å². The third-order valence-corrected chi connectivity index (χ3v) is 2.58. The van der Waals surface area contributed by atoms with E-state index in [-0.39, 0.29) is 17.8 Å². The molecule has 1 aromatic carbocycles. The van der Waals surface area contributed by atoms with Gasteiger partial charge >= 0.3 is 0 Å². The highest BCUT2D eigenvalue weighted by atomic mass is 16.2. The van der Waals surface area contributed by atoms with E-state index in [0.717, 1.165) is 5.56 Å². The van der Waals surface area contributed by atoms with Crippen molar-refractivity contribution in [2.75, 3.05) is 7.05 Å². The molecule has 1 aromatic rings. The molecule has 7 heteroatoms. The molecule has 0 spiro atoms. The van der Waals surface area contributed by atoms with E-state index in [1.807, 2.05) is 12.1 Å². The van der Waals surface area contributed by atoms with E-state index in [0.29, 0.717) is 17.8 Å². The van der Waals surface area contributed by atoms with Crippen molar-refractivity contribution in [1.29, 1.82) is 0 Å². The van der Waals surface area contributed by atoms with Gasteiger partial charge < -0.3 is 22.1 Å². The number of carbonyl (C=O) groups excluding carboxylic acids is 1. The molecule has 0 saturated carbocycles. The van der Waals surface area contributed by atoms with Crippen molar-refractivity contribution >= 4 is 23.5 Å². The highest BCUT2D eigenvalue weighted by Gasteiger charge is 2.27. The number of nitrogens with zero attached hydrogens (tertiary/aromatic N) is 3. The van der Waals surface area contributed by atoms with E-state index < -0.39 is 0 Å². The van der Waals surface area contributed by atoms with Gasteiger partial charge in [0.1, 0.15) is 0 Å². The van der Waals surface area contributed by atoms with Crippen molar-refractivity contribution in [2.45, 2.75) is 6.54 Å². The van der Waals surface area contributed by atoms with Gasteiger partial charge in [0.05, 0.1) is 11.3 Å². The summed E-state index contributed by atoms with van der Waals surface area (Å²) in [6, 6.07) is 5.39. The lowest BCUT2D eigenvalue weighted by molar-refractivity contribution is 0.0817. The fraction of sp³-hybridized carbons (Fsp3) is 0.182. The Kier molecular flexibility index (Phi) is 2.88. The van der Waals surface area contributed by atoms with Crippen molar-refractivity contribution in [3.8, 4) is 0 Å². The Hall–Kier alpha value is -2.57. The van der Waals surface area contributed by atoms with Gasteiger partial charge in [-0.15, -0.1) is 0 Å². The maximum absolute atomic E-state index is 12.0. The van der Waals surface area contributed by atoms with E-state index >= 15 is 0 Å². The molecule has 0 fully saturated rings. The van der Waals surface area contributed by atoms with Crippen LogP contribution in [0.1, 0.15) is 15.9 Å². The Balaban J connectivity index is 2.46. The van der Waals surface area contributed by atoms with Crippen LogP contribution in [0.2, 0.25) is 0 Å². The van der Waals surface area contributed by atoms with Crippen LogP contribution in [-0.2, 0) is 6.54 Å². The SMILES string of the molecule is CN1Cc2cccc(N=C(N)N=C(N)N)c2C1=O. The van der Waals surface area contributed by atoms with Crippen molar-refractivity contribution in [1.82, 2.24) is 4.90 Å². The fourth-order valence-corrected chi connectivity index (χ4v) is 1.86. The first-order valence-corrected chi connectivity index (χ1v) is 5.30. The number of benzene rings is 1. The molecule has 1 aliphatic rings. The summed E-state index contributed by atoms with van der Waals surface area (Å²) < 4.78 is 0. The predicted octanol–water partition coefficient (Wildman–Crippen LogP) is -0.508. The van der Waals surface area contributed by atoms with Crippen LogP contribution in [0.25, 0.3) is 0 Å². The third-order valence-electron chi connectivity index (χ3n) is 2.58. The standard InChI is InChI=1S/C11H14N6O/c1-17-5-6-3-2-4-7(8(6)9(17)18)15-11(14)16-10(12)13/h2-4H,5H2,1H3,(H6,12,13,14,15,16). The normalized spacial score (nSPS) is 14.6. The van der Waals surface area contributed by atoms with Gasteiger partial charge in [0, 0.05) is 13.6 Å². The van der Waals surface area contributed by atoms with Crippen LogP contribution >= 0.6 is 0 Å². The minimum absolute atomic E-state index is 0.0780. The number of aliphatic imine (C=N–C) groups is 2. The van der Waals surface area contributed by atoms with Crippen LogP contribution in [0.5, 0.6) is 0 Å². The number of guanidine groups is 2. The maximum atomic E-state index is 12.0. The largest absolute Gasteiger partial charge is 0.370 e. The summed E-state index contributed by atoms with van der Waals surface area (Å²) >= 11 is 0. The second-order valence-electron chi connectivity index (χ2n) is 3.98. The quantitative estimate of drug-likeness (QED) is 0.456. The molecule has 0 saturated heterocycles. The molecular formula is C11H14N6O. The predicted molar refractivity (Wildman–Crippen MR) is 69.3 cm³/mol. The minimum Gasteiger partial charge on any atom is -0.370 e. The first-order valence-electron chi connectivity index (χ1n) is 5.30. The average Bonchev–Trinajstić information content (AvgIpc) is 2.54. The van der Waals surface area contributed by atoms with Gasteiger partial charge in [0.25, 0.3) is 5.91 Å². The topological polar surface area (TPSA) is 123 Å². The fourth-order valence-electron chi connectivity index (χ4n) is 1.86. The Bertz CT molecular complexity index is 559. The molecule has 2 rings (SSSR count). The Morgan fingerprint density at radius 3 is 2.72 bits per heavy atom. The number of hydrogen-bond donors (Lipinski definition) is 3. The molecule has 0 atom stereocenters. The van der Waals surface area contributed by atoms with Gasteiger partial charge in [-0.1, -0.05) is 12.1 Å². The third kappa shape index (κ3) is 2.10. The molecular weight excluding hydrogens is 232 g/mol. The molecule has 0 radical (unpaired) electrons. The average molecular weight is 246 g/mol. The smallest absolute Gasteiger partial charge is 0.256 e. The van der Waals surface area contributed by atoms with Crippen molar-refractivity contribution in [2.24, 2.45) is 27.2 Å². The number of carbonyl (C=O) groups is 1. The van der Waals surface area contributed by atoms with Crippen LogP contribution in [0.3, 0.4) is 0 Å². The molecule has 0 bridgehead atoms. The molecule has 18 heavy (non-hydrogen) atoms. The van der Waals surface area contributed by atoms with Crippen molar-refractivity contribution in [3.63, 3.8) is 0 Å². The first kappa shape index (κ1) is 11.9. The van der Waals surface area contributed by atoms with Gasteiger partial charge in [-0.25, -0.2) is 4.99 Å². The second-order valence-corrected chi connectivity index (χ2v) is 3.98. The highest BCUT2D eigenvalue weighted by Crippen LogP contribution is 2.30. The number of hydrogen-bond acceptors (Lipinski definition) is 2. The molecule has 94 valence electrons. The van der Waals surface area contributed by atoms with Gasteiger partial charge in [0.2, 0.25) is 5.96 Å². The summed E-state index contributed by atoms with van der Waals surface area (Å²) in [5.41, 5.74) is 17.9. The highest BCUT2D eigenvalue weighted by molar-refractivity contribution is 6.04. The van der Waals surface area contributed by atoms with Gasteiger partial charge in [0.15, 0.2) is 5.96 Å². The minimum atomic E-state index is -0.174. The second kappa shape index (κ2) is 4.36. The molecule has 1 aliphatic heterocycles.